The minimum Gasteiger partial charge on any atom is -0.508 e. The topological polar surface area (TPSA) is 114 Å². The van der Waals surface area contributed by atoms with Crippen LogP contribution in [-0.4, -0.2) is 25.5 Å². The van der Waals surface area contributed by atoms with Crippen molar-refractivity contribution in [2.45, 2.75) is 0 Å². The van der Waals surface area contributed by atoms with Crippen molar-refractivity contribution in [3.05, 3.63) is 18.2 Å². The zero-order valence-corrected chi connectivity index (χ0v) is 8.88. The number of hydrogen-bond donors (Lipinski definition) is 5. The summed E-state index contributed by atoms with van der Waals surface area (Å²) < 4.78 is 5.28. The third kappa shape index (κ3) is 1.17. The molecule has 1 heterocycles. The molecule has 3 rings (SSSR count). The molecular weight excluding hydrogens is 240 g/mol. The number of hydrogen-bond acceptors (Lipinski definition) is 6. The molecule has 0 radical (unpaired) electrons. The van der Waals surface area contributed by atoms with Crippen LogP contribution in [0.5, 0.6) is 28.7 Å². The quantitative estimate of drug-likeness (QED) is 0.389. The highest BCUT2D eigenvalue weighted by Crippen LogP contribution is 2.48. The van der Waals surface area contributed by atoms with Crippen molar-refractivity contribution < 1.29 is 29.9 Å². The normalized spacial score (nSPS) is 11.3. The Balaban J connectivity index is 2.62. The fourth-order valence-electron chi connectivity index (χ4n) is 1.98. The summed E-state index contributed by atoms with van der Waals surface area (Å²) in [6, 6.07) is 3.45. The van der Waals surface area contributed by atoms with Gasteiger partial charge in [-0.25, -0.2) is 0 Å². The average Bonchev–Trinajstić information content (AvgIpc) is 2.64. The third-order valence-corrected chi connectivity index (χ3v) is 2.75. The summed E-state index contributed by atoms with van der Waals surface area (Å²) in [6.45, 7) is 0. The van der Waals surface area contributed by atoms with E-state index in [1.165, 1.54) is 6.07 Å². The van der Waals surface area contributed by atoms with Crippen LogP contribution in [0.15, 0.2) is 22.6 Å². The van der Waals surface area contributed by atoms with Crippen molar-refractivity contribution in [2.24, 2.45) is 0 Å². The van der Waals surface area contributed by atoms with Crippen molar-refractivity contribution in [3.8, 4) is 28.7 Å². The van der Waals surface area contributed by atoms with E-state index in [4.69, 9.17) is 4.42 Å². The summed E-state index contributed by atoms with van der Waals surface area (Å²) in [5, 5.41) is 47.9. The molecule has 0 spiro atoms. The molecular formula is C12H8O6. The van der Waals surface area contributed by atoms with E-state index in [9.17, 15) is 25.5 Å². The highest BCUT2D eigenvalue weighted by Gasteiger charge is 2.20. The van der Waals surface area contributed by atoms with Gasteiger partial charge in [0.1, 0.15) is 22.7 Å². The summed E-state index contributed by atoms with van der Waals surface area (Å²) in [6.07, 6.45) is 0. The minimum atomic E-state index is -0.697. The van der Waals surface area contributed by atoms with E-state index in [0.29, 0.717) is 0 Å². The van der Waals surface area contributed by atoms with Gasteiger partial charge in [0.05, 0.1) is 10.8 Å². The molecule has 5 N–H and O–H groups in total. The molecule has 0 bridgehead atoms. The fourth-order valence-corrected chi connectivity index (χ4v) is 1.98. The monoisotopic (exact) mass is 248 g/mol. The van der Waals surface area contributed by atoms with Crippen molar-refractivity contribution >= 4 is 21.9 Å². The van der Waals surface area contributed by atoms with E-state index in [-0.39, 0.29) is 33.4 Å². The molecule has 3 aromatic rings. The lowest BCUT2D eigenvalue weighted by Gasteiger charge is -2.02. The second kappa shape index (κ2) is 3.13. The number of furan rings is 1. The lowest BCUT2D eigenvalue weighted by atomic mass is 10.1. The Hall–Kier alpha value is -2.76. The van der Waals surface area contributed by atoms with Crippen molar-refractivity contribution in [2.75, 3.05) is 0 Å². The van der Waals surface area contributed by atoms with Gasteiger partial charge in [-0.2, -0.15) is 0 Å². The summed E-state index contributed by atoms with van der Waals surface area (Å²) in [7, 11) is 0. The van der Waals surface area contributed by atoms with Crippen LogP contribution in [0.2, 0.25) is 0 Å². The molecule has 6 nitrogen and oxygen atoms in total. The Morgan fingerprint density at radius 1 is 0.667 bits per heavy atom. The number of phenolic OH excluding ortho intramolecular Hbond substituents is 5. The standard InChI is InChI=1S/C12H8O6/c13-4-1-5(14)9-7(2-4)18-8-3-6(15)11(16)12(17)10(8)9/h1-3,13-17H. The van der Waals surface area contributed by atoms with Crippen LogP contribution >= 0.6 is 0 Å². The fraction of sp³-hybridized carbons (Fsp3) is 0. The highest BCUT2D eigenvalue weighted by molar-refractivity contribution is 6.12. The predicted octanol–water partition coefficient (Wildman–Crippen LogP) is 2.11. The first-order valence-corrected chi connectivity index (χ1v) is 5.01. The molecule has 6 heteroatoms. The van der Waals surface area contributed by atoms with Gasteiger partial charge in [0.25, 0.3) is 0 Å². The average molecular weight is 248 g/mol. The number of rotatable bonds is 0. The first kappa shape index (κ1) is 10.4. The Kier molecular flexibility index (Phi) is 1.81. The van der Waals surface area contributed by atoms with Crippen molar-refractivity contribution in [3.63, 3.8) is 0 Å². The number of fused-ring (bicyclic) bond motifs is 3. The Morgan fingerprint density at radius 3 is 2.06 bits per heavy atom. The van der Waals surface area contributed by atoms with Gasteiger partial charge in [0.15, 0.2) is 11.5 Å². The first-order chi connectivity index (χ1) is 8.49. The highest BCUT2D eigenvalue weighted by atomic mass is 16.3. The minimum absolute atomic E-state index is 0.0674. The molecule has 0 fully saturated rings. The second-order valence-corrected chi connectivity index (χ2v) is 3.91. The van der Waals surface area contributed by atoms with Crippen LogP contribution in [0.3, 0.4) is 0 Å². The molecule has 0 atom stereocenters. The van der Waals surface area contributed by atoms with E-state index in [2.05, 4.69) is 0 Å². The Morgan fingerprint density at radius 2 is 1.33 bits per heavy atom. The molecule has 1 aromatic heterocycles. The third-order valence-electron chi connectivity index (χ3n) is 2.75. The lowest BCUT2D eigenvalue weighted by molar-refractivity contribution is 0.371. The Labute approximate surface area is 99.6 Å². The smallest absolute Gasteiger partial charge is 0.201 e. The van der Waals surface area contributed by atoms with Crippen LogP contribution in [-0.2, 0) is 0 Å². The summed E-state index contributed by atoms with van der Waals surface area (Å²) >= 11 is 0. The van der Waals surface area contributed by atoms with Crippen molar-refractivity contribution in [1.29, 1.82) is 0 Å². The molecule has 18 heavy (non-hydrogen) atoms. The van der Waals surface area contributed by atoms with E-state index >= 15 is 0 Å². The van der Waals surface area contributed by atoms with Gasteiger partial charge >= 0.3 is 0 Å². The van der Waals surface area contributed by atoms with E-state index in [0.717, 1.165) is 12.1 Å². The maximum absolute atomic E-state index is 9.78. The van der Waals surface area contributed by atoms with Crippen molar-refractivity contribution in [1.82, 2.24) is 0 Å². The van der Waals surface area contributed by atoms with Gasteiger partial charge in [0.2, 0.25) is 5.75 Å². The van der Waals surface area contributed by atoms with Gasteiger partial charge < -0.3 is 29.9 Å². The number of phenols is 5. The molecule has 0 aliphatic heterocycles. The maximum atomic E-state index is 9.78. The van der Waals surface area contributed by atoms with E-state index in [1.807, 2.05) is 0 Å². The van der Waals surface area contributed by atoms with Gasteiger partial charge in [0, 0.05) is 18.2 Å². The molecule has 92 valence electrons. The van der Waals surface area contributed by atoms with E-state index in [1.54, 1.807) is 0 Å². The molecule has 0 saturated heterocycles. The SMILES string of the molecule is Oc1cc(O)c2c(c1)oc1cc(O)c(O)c(O)c12. The largest absolute Gasteiger partial charge is 0.508 e. The van der Waals surface area contributed by atoms with Crippen LogP contribution in [0, 0.1) is 0 Å². The molecule has 0 saturated carbocycles. The van der Waals surface area contributed by atoms with Crippen LogP contribution in [0.1, 0.15) is 0 Å². The zero-order chi connectivity index (χ0) is 13.0. The summed E-state index contributed by atoms with van der Waals surface area (Å²) in [5.74, 6) is -2.33. The van der Waals surface area contributed by atoms with Crippen LogP contribution in [0.4, 0.5) is 0 Å². The van der Waals surface area contributed by atoms with Gasteiger partial charge in [-0.15, -0.1) is 0 Å². The van der Waals surface area contributed by atoms with Gasteiger partial charge in [-0.05, 0) is 0 Å². The zero-order valence-electron chi connectivity index (χ0n) is 8.88. The van der Waals surface area contributed by atoms with Crippen LogP contribution in [0.25, 0.3) is 21.9 Å². The molecule has 0 aliphatic rings. The molecule has 0 amide bonds. The summed E-state index contributed by atoms with van der Waals surface area (Å²) in [4.78, 5) is 0. The predicted molar refractivity (Wildman–Crippen MR) is 62.0 cm³/mol. The number of benzene rings is 2. The molecule has 2 aromatic carbocycles. The second-order valence-electron chi connectivity index (χ2n) is 3.91. The lowest BCUT2D eigenvalue weighted by Crippen LogP contribution is -1.74. The molecule has 0 unspecified atom stereocenters. The van der Waals surface area contributed by atoms with Gasteiger partial charge in [-0.3, -0.25) is 0 Å². The first-order valence-electron chi connectivity index (χ1n) is 5.01. The van der Waals surface area contributed by atoms with E-state index < -0.39 is 17.2 Å². The molecule has 0 aliphatic carbocycles. The Bertz CT molecular complexity index is 786. The van der Waals surface area contributed by atoms with Gasteiger partial charge in [-0.1, -0.05) is 0 Å². The number of aromatic hydroxyl groups is 5. The van der Waals surface area contributed by atoms with Crippen LogP contribution < -0.4 is 0 Å². The summed E-state index contributed by atoms with van der Waals surface area (Å²) in [5.41, 5.74) is 0.210. The maximum Gasteiger partial charge on any atom is 0.201 e.